The third-order valence-electron chi connectivity index (χ3n) is 5.38. The summed E-state index contributed by atoms with van der Waals surface area (Å²) in [6, 6.07) is 13.8. The molecule has 0 N–H and O–H groups in total. The summed E-state index contributed by atoms with van der Waals surface area (Å²) >= 11 is 6.06. The minimum atomic E-state index is -0.445. The molecular formula is C21H21ClFN3O2. The lowest BCUT2D eigenvalue weighted by atomic mass is 10.1. The fraction of sp³-hybridized carbons (Fsp3) is 0.333. The maximum absolute atomic E-state index is 14.0. The van der Waals surface area contributed by atoms with E-state index in [1.165, 1.54) is 11.0 Å². The van der Waals surface area contributed by atoms with Crippen molar-refractivity contribution in [1.82, 2.24) is 4.90 Å². The Morgan fingerprint density at radius 1 is 1.04 bits per heavy atom. The largest absolute Gasteiger partial charge is 0.368 e. The van der Waals surface area contributed by atoms with Gasteiger partial charge in [-0.05, 0) is 30.3 Å². The second-order valence-corrected chi connectivity index (χ2v) is 7.59. The maximum Gasteiger partial charge on any atom is 0.228 e. The van der Waals surface area contributed by atoms with Crippen molar-refractivity contribution in [2.24, 2.45) is 5.92 Å². The number of para-hydroxylation sites is 1. The summed E-state index contributed by atoms with van der Waals surface area (Å²) in [6.45, 7) is 2.84. The minimum absolute atomic E-state index is 0.0297. The van der Waals surface area contributed by atoms with Gasteiger partial charge in [0.05, 0.1) is 11.6 Å². The van der Waals surface area contributed by atoms with E-state index in [-0.39, 0.29) is 30.5 Å². The molecule has 2 amide bonds. The van der Waals surface area contributed by atoms with E-state index in [0.717, 1.165) is 5.69 Å². The predicted molar refractivity (Wildman–Crippen MR) is 107 cm³/mol. The average Bonchev–Trinajstić information content (AvgIpc) is 3.09. The molecule has 0 bridgehead atoms. The Morgan fingerprint density at radius 3 is 2.50 bits per heavy atom. The monoisotopic (exact) mass is 401 g/mol. The molecule has 0 aromatic heterocycles. The van der Waals surface area contributed by atoms with Crippen molar-refractivity contribution in [3.05, 3.63) is 59.4 Å². The van der Waals surface area contributed by atoms with E-state index in [1.54, 1.807) is 18.2 Å². The number of rotatable bonds is 3. The zero-order valence-electron chi connectivity index (χ0n) is 15.4. The fourth-order valence-corrected chi connectivity index (χ4v) is 4.08. The van der Waals surface area contributed by atoms with Crippen LogP contribution in [0, 0.1) is 11.7 Å². The molecule has 4 rings (SSSR count). The SMILES string of the molecule is O=C(C1CC(=O)N(c2ccccc2F)C1)N1CCN(c2cccc(Cl)c2)CC1. The highest BCUT2D eigenvalue weighted by atomic mass is 35.5. The van der Waals surface area contributed by atoms with Gasteiger partial charge in [0.2, 0.25) is 11.8 Å². The Balaban J connectivity index is 1.38. The normalized spacial score (nSPS) is 20.0. The summed E-state index contributed by atoms with van der Waals surface area (Å²) < 4.78 is 14.0. The molecule has 7 heteroatoms. The van der Waals surface area contributed by atoms with Crippen molar-refractivity contribution >= 4 is 34.8 Å². The maximum atomic E-state index is 14.0. The van der Waals surface area contributed by atoms with E-state index in [4.69, 9.17) is 11.6 Å². The first-order valence-electron chi connectivity index (χ1n) is 9.37. The number of carbonyl (C=O) groups excluding carboxylic acids is 2. The molecule has 146 valence electrons. The van der Waals surface area contributed by atoms with Gasteiger partial charge in [0, 0.05) is 49.9 Å². The molecule has 1 atom stereocenters. The van der Waals surface area contributed by atoms with Gasteiger partial charge in [-0.3, -0.25) is 9.59 Å². The second-order valence-electron chi connectivity index (χ2n) is 7.15. The quantitative estimate of drug-likeness (QED) is 0.793. The Labute approximate surface area is 168 Å². The number of amides is 2. The lowest BCUT2D eigenvalue weighted by molar-refractivity contribution is -0.136. The zero-order valence-corrected chi connectivity index (χ0v) is 16.1. The number of piperazine rings is 1. The van der Waals surface area contributed by atoms with Crippen molar-refractivity contribution in [1.29, 1.82) is 0 Å². The van der Waals surface area contributed by atoms with Gasteiger partial charge in [0.15, 0.2) is 0 Å². The van der Waals surface area contributed by atoms with Crippen molar-refractivity contribution < 1.29 is 14.0 Å². The van der Waals surface area contributed by atoms with Crippen LogP contribution in [0.5, 0.6) is 0 Å². The highest BCUT2D eigenvalue weighted by Crippen LogP contribution is 2.29. The highest BCUT2D eigenvalue weighted by Gasteiger charge is 2.38. The number of benzene rings is 2. The Hall–Kier alpha value is -2.60. The molecule has 5 nitrogen and oxygen atoms in total. The summed E-state index contributed by atoms with van der Waals surface area (Å²) in [4.78, 5) is 30.7. The van der Waals surface area contributed by atoms with Crippen molar-refractivity contribution in [3.8, 4) is 0 Å². The number of hydrogen-bond donors (Lipinski definition) is 0. The van der Waals surface area contributed by atoms with Crippen LogP contribution in [0.4, 0.5) is 15.8 Å². The van der Waals surface area contributed by atoms with Crippen LogP contribution < -0.4 is 9.80 Å². The lowest BCUT2D eigenvalue weighted by Crippen LogP contribution is -2.50. The Kier molecular flexibility index (Phi) is 5.22. The number of carbonyl (C=O) groups is 2. The van der Waals surface area contributed by atoms with Gasteiger partial charge in [-0.2, -0.15) is 0 Å². The summed E-state index contributed by atoms with van der Waals surface area (Å²) in [5, 5.41) is 0.689. The predicted octanol–water partition coefficient (Wildman–Crippen LogP) is 3.18. The smallest absolute Gasteiger partial charge is 0.228 e. The van der Waals surface area contributed by atoms with E-state index in [0.29, 0.717) is 31.2 Å². The topological polar surface area (TPSA) is 43.9 Å². The van der Waals surface area contributed by atoms with Crippen molar-refractivity contribution in [3.63, 3.8) is 0 Å². The van der Waals surface area contributed by atoms with Gasteiger partial charge >= 0.3 is 0 Å². The number of hydrogen-bond acceptors (Lipinski definition) is 3. The average molecular weight is 402 g/mol. The van der Waals surface area contributed by atoms with E-state index >= 15 is 0 Å². The van der Waals surface area contributed by atoms with Crippen LogP contribution in [-0.2, 0) is 9.59 Å². The van der Waals surface area contributed by atoms with Crippen LogP contribution in [0.2, 0.25) is 5.02 Å². The molecule has 2 heterocycles. The molecule has 0 saturated carbocycles. The van der Waals surface area contributed by atoms with E-state index < -0.39 is 11.7 Å². The first kappa shape index (κ1) is 18.7. The van der Waals surface area contributed by atoms with Crippen LogP contribution in [0.1, 0.15) is 6.42 Å². The molecule has 0 radical (unpaired) electrons. The summed E-state index contributed by atoms with van der Waals surface area (Å²) in [7, 11) is 0. The first-order chi connectivity index (χ1) is 13.5. The third kappa shape index (κ3) is 3.69. The Bertz CT molecular complexity index is 899. The molecule has 0 aliphatic carbocycles. The molecule has 2 fully saturated rings. The zero-order chi connectivity index (χ0) is 19.7. The minimum Gasteiger partial charge on any atom is -0.368 e. The molecule has 0 spiro atoms. The van der Waals surface area contributed by atoms with Gasteiger partial charge in [0.25, 0.3) is 0 Å². The molecule has 2 aliphatic heterocycles. The van der Waals surface area contributed by atoms with E-state index in [2.05, 4.69) is 4.90 Å². The molecule has 2 aromatic carbocycles. The third-order valence-corrected chi connectivity index (χ3v) is 5.62. The van der Waals surface area contributed by atoms with Crippen molar-refractivity contribution in [2.75, 3.05) is 42.5 Å². The molecule has 2 aromatic rings. The van der Waals surface area contributed by atoms with Gasteiger partial charge in [-0.25, -0.2) is 4.39 Å². The molecule has 2 saturated heterocycles. The summed E-state index contributed by atoms with van der Waals surface area (Å²) in [5.41, 5.74) is 1.29. The second kappa shape index (κ2) is 7.80. The van der Waals surface area contributed by atoms with Gasteiger partial charge in [0.1, 0.15) is 5.82 Å². The fourth-order valence-electron chi connectivity index (χ4n) is 3.89. The molecule has 1 unspecified atom stereocenters. The van der Waals surface area contributed by atoms with Crippen LogP contribution in [-0.4, -0.2) is 49.4 Å². The highest BCUT2D eigenvalue weighted by molar-refractivity contribution is 6.30. The molecule has 2 aliphatic rings. The van der Waals surface area contributed by atoms with Crippen LogP contribution >= 0.6 is 11.6 Å². The number of anilines is 2. The van der Waals surface area contributed by atoms with Crippen LogP contribution in [0.15, 0.2) is 48.5 Å². The van der Waals surface area contributed by atoms with Gasteiger partial charge < -0.3 is 14.7 Å². The van der Waals surface area contributed by atoms with Crippen LogP contribution in [0.3, 0.4) is 0 Å². The van der Waals surface area contributed by atoms with Crippen LogP contribution in [0.25, 0.3) is 0 Å². The van der Waals surface area contributed by atoms with E-state index in [9.17, 15) is 14.0 Å². The van der Waals surface area contributed by atoms with Gasteiger partial charge in [-0.15, -0.1) is 0 Å². The Morgan fingerprint density at radius 2 is 1.79 bits per heavy atom. The van der Waals surface area contributed by atoms with Crippen molar-refractivity contribution in [2.45, 2.75) is 6.42 Å². The summed E-state index contributed by atoms with van der Waals surface area (Å²) in [5.74, 6) is -1.11. The molecule has 28 heavy (non-hydrogen) atoms. The number of halogens is 2. The van der Waals surface area contributed by atoms with Gasteiger partial charge in [-0.1, -0.05) is 29.8 Å². The standard InChI is InChI=1S/C21H21ClFN3O2/c22-16-4-3-5-17(13-16)24-8-10-25(11-9-24)21(28)15-12-20(27)26(14-15)19-7-2-1-6-18(19)23/h1-7,13,15H,8-12,14H2. The first-order valence-corrected chi connectivity index (χ1v) is 9.75. The number of nitrogens with zero attached hydrogens (tertiary/aromatic N) is 3. The summed E-state index contributed by atoms with van der Waals surface area (Å²) in [6.07, 6.45) is 0.127. The van der Waals surface area contributed by atoms with E-state index in [1.807, 2.05) is 29.2 Å². The lowest BCUT2D eigenvalue weighted by Gasteiger charge is -2.37. The molecular weight excluding hydrogens is 381 g/mol.